The molecule has 118 valence electrons. The minimum atomic E-state index is -3.43. The maximum atomic E-state index is 12.1. The van der Waals surface area contributed by atoms with Gasteiger partial charge in [-0.2, -0.15) is 0 Å². The molecule has 5 nitrogen and oxygen atoms in total. The number of rotatable bonds is 7. The van der Waals surface area contributed by atoms with E-state index in [4.69, 9.17) is 21.1 Å². The minimum Gasteiger partial charge on any atom is -0.494 e. The van der Waals surface area contributed by atoms with Crippen molar-refractivity contribution in [2.24, 2.45) is 0 Å². The third kappa shape index (κ3) is 4.76. The van der Waals surface area contributed by atoms with Crippen molar-refractivity contribution in [3.05, 3.63) is 23.8 Å². The van der Waals surface area contributed by atoms with Gasteiger partial charge in [-0.3, -0.25) is 4.72 Å². The lowest BCUT2D eigenvalue weighted by molar-refractivity contribution is 0.127. The first kappa shape index (κ1) is 16.4. The smallest absolute Gasteiger partial charge is 0.235 e. The Labute approximate surface area is 130 Å². The normalized spacial score (nSPS) is 18.7. The molecule has 1 saturated heterocycles. The number of sulfonamides is 1. The van der Waals surface area contributed by atoms with Crippen LogP contribution in [0.3, 0.4) is 0 Å². The highest BCUT2D eigenvalue weighted by atomic mass is 35.5. The molecule has 1 aliphatic rings. The van der Waals surface area contributed by atoms with Crippen LogP contribution < -0.4 is 9.46 Å². The molecular weight excluding hydrogens is 314 g/mol. The summed E-state index contributed by atoms with van der Waals surface area (Å²) in [5, 5.41) is 0. The van der Waals surface area contributed by atoms with Crippen LogP contribution in [-0.4, -0.2) is 33.5 Å². The number of hydrogen-bond acceptors (Lipinski definition) is 4. The molecular formula is C14H20ClNO4S. The van der Waals surface area contributed by atoms with Gasteiger partial charge in [0, 0.05) is 17.9 Å². The molecule has 1 heterocycles. The third-order valence-electron chi connectivity index (χ3n) is 3.21. The van der Waals surface area contributed by atoms with Crippen LogP contribution in [0.5, 0.6) is 5.75 Å². The standard InChI is InChI=1S/C14H20ClNO4S/c1-2-19-14-6-5-12(8-11(14)9-15)16-21(17,18)10-13-4-3-7-20-13/h5-6,8,13,16H,2-4,7,9-10H2,1H3. The molecule has 7 heteroatoms. The van der Waals surface area contributed by atoms with Gasteiger partial charge in [0.25, 0.3) is 0 Å². The van der Waals surface area contributed by atoms with E-state index in [2.05, 4.69) is 4.72 Å². The van der Waals surface area contributed by atoms with E-state index < -0.39 is 10.0 Å². The first-order valence-electron chi connectivity index (χ1n) is 6.98. The van der Waals surface area contributed by atoms with Gasteiger partial charge in [0.15, 0.2) is 0 Å². The highest BCUT2D eigenvalue weighted by molar-refractivity contribution is 7.92. The van der Waals surface area contributed by atoms with Crippen molar-refractivity contribution in [2.75, 3.05) is 23.7 Å². The topological polar surface area (TPSA) is 64.6 Å². The van der Waals surface area contributed by atoms with E-state index in [1.807, 2.05) is 6.92 Å². The number of benzene rings is 1. The van der Waals surface area contributed by atoms with E-state index in [9.17, 15) is 8.42 Å². The van der Waals surface area contributed by atoms with Crippen molar-refractivity contribution < 1.29 is 17.9 Å². The van der Waals surface area contributed by atoms with E-state index in [0.29, 0.717) is 24.7 Å². The van der Waals surface area contributed by atoms with Crippen LogP contribution in [0.1, 0.15) is 25.3 Å². The van der Waals surface area contributed by atoms with Crippen LogP contribution in [0.15, 0.2) is 18.2 Å². The number of ether oxygens (including phenoxy) is 2. The SMILES string of the molecule is CCOc1ccc(NS(=O)(=O)CC2CCCO2)cc1CCl. The number of alkyl halides is 1. The minimum absolute atomic E-state index is 0.0174. The Morgan fingerprint density at radius 3 is 2.90 bits per heavy atom. The number of halogens is 1. The van der Waals surface area contributed by atoms with Gasteiger partial charge in [-0.1, -0.05) is 0 Å². The zero-order chi connectivity index (χ0) is 15.3. The van der Waals surface area contributed by atoms with E-state index in [0.717, 1.165) is 18.4 Å². The van der Waals surface area contributed by atoms with E-state index >= 15 is 0 Å². The van der Waals surface area contributed by atoms with Crippen LogP contribution >= 0.6 is 11.6 Å². The van der Waals surface area contributed by atoms with Gasteiger partial charge < -0.3 is 9.47 Å². The first-order chi connectivity index (χ1) is 10.0. The molecule has 0 saturated carbocycles. The summed E-state index contributed by atoms with van der Waals surface area (Å²) < 4.78 is 37.6. The van der Waals surface area contributed by atoms with Crippen molar-refractivity contribution in [3.8, 4) is 5.75 Å². The first-order valence-corrected chi connectivity index (χ1v) is 9.16. The molecule has 1 aromatic carbocycles. The van der Waals surface area contributed by atoms with Crippen molar-refractivity contribution in [2.45, 2.75) is 31.7 Å². The van der Waals surface area contributed by atoms with E-state index in [1.165, 1.54) is 0 Å². The van der Waals surface area contributed by atoms with Gasteiger partial charge in [0.1, 0.15) is 5.75 Å². The summed E-state index contributed by atoms with van der Waals surface area (Å²) in [7, 11) is -3.43. The molecule has 1 aliphatic heterocycles. The van der Waals surface area contributed by atoms with Crippen LogP contribution in [0.25, 0.3) is 0 Å². The summed E-state index contributed by atoms with van der Waals surface area (Å²) in [6, 6.07) is 5.10. The van der Waals surface area contributed by atoms with Crippen molar-refractivity contribution in [3.63, 3.8) is 0 Å². The molecule has 0 amide bonds. The van der Waals surface area contributed by atoms with Crippen molar-refractivity contribution >= 4 is 27.3 Å². The highest BCUT2D eigenvalue weighted by Crippen LogP contribution is 2.25. The van der Waals surface area contributed by atoms with Crippen LogP contribution in [0.2, 0.25) is 0 Å². The fraction of sp³-hybridized carbons (Fsp3) is 0.571. The average Bonchev–Trinajstić information content (AvgIpc) is 2.92. The average molecular weight is 334 g/mol. The van der Waals surface area contributed by atoms with Gasteiger partial charge in [-0.15, -0.1) is 11.6 Å². The summed E-state index contributed by atoms with van der Waals surface area (Å²) in [4.78, 5) is 0. The summed E-state index contributed by atoms with van der Waals surface area (Å²) in [5.41, 5.74) is 1.25. The molecule has 1 fully saturated rings. The Morgan fingerprint density at radius 1 is 1.48 bits per heavy atom. The molecule has 0 aromatic heterocycles. The summed E-state index contributed by atoms with van der Waals surface area (Å²) in [6.07, 6.45) is 1.49. The molecule has 2 rings (SSSR count). The second-order valence-corrected chi connectivity index (χ2v) is 6.94. The molecule has 0 aliphatic carbocycles. The number of nitrogens with one attached hydrogen (secondary N) is 1. The van der Waals surface area contributed by atoms with Gasteiger partial charge in [0.2, 0.25) is 10.0 Å². The van der Waals surface area contributed by atoms with Crippen LogP contribution in [-0.2, 0) is 20.6 Å². The predicted molar refractivity (Wildman–Crippen MR) is 83.6 cm³/mol. The highest BCUT2D eigenvalue weighted by Gasteiger charge is 2.23. The molecule has 1 N–H and O–H groups in total. The molecule has 1 atom stereocenters. The molecule has 1 aromatic rings. The quantitative estimate of drug-likeness (QED) is 0.779. The molecule has 0 bridgehead atoms. The van der Waals surface area contributed by atoms with E-state index in [-0.39, 0.29) is 17.7 Å². The second-order valence-electron chi connectivity index (χ2n) is 4.91. The Balaban J connectivity index is 2.07. The number of anilines is 1. The molecule has 0 radical (unpaired) electrons. The number of hydrogen-bond donors (Lipinski definition) is 1. The molecule has 1 unspecified atom stereocenters. The zero-order valence-corrected chi connectivity index (χ0v) is 13.5. The van der Waals surface area contributed by atoms with Crippen LogP contribution in [0.4, 0.5) is 5.69 Å². The Bertz CT molecular complexity index is 570. The lowest BCUT2D eigenvalue weighted by Gasteiger charge is -2.14. The zero-order valence-electron chi connectivity index (χ0n) is 12.0. The maximum absolute atomic E-state index is 12.1. The summed E-state index contributed by atoms with van der Waals surface area (Å²) in [5.74, 6) is 0.919. The fourth-order valence-corrected chi connectivity index (χ4v) is 3.82. The van der Waals surface area contributed by atoms with Gasteiger partial charge in [-0.25, -0.2) is 8.42 Å². The lowest BCUT2D eigenvalue weighted by Crippen LogP contribution is -2.25. The molecule has 0 spiro atoms. The molecule has 21 heavy (non-hydrogen) atoms. The van der Waals surface area contributed by atoms with Gasteiger partial charge >= 0.3 is 0 Å². The van der Waals surface area contributed by atoms with Gasteiger partial charge in [0.05, 0.1) is 24.3 Å². The van der Waals surface area contributed by atoms with E-state index in [1.54, 1.807) is 18.2 Å². The van der Waals surface area contributed by atoms with Crippen LogP contribution in [0, 0.1) is 0 Å². The Morgan fingerprint density at radius 2 is 2.29 bits per heavy atom. The lowest BCUT2D eigenvalue weighted by atomic mass is 10.2. The van der Waals surface area contributed by atoms with Crippen molar-refractivity contribution in [1.82, 2.24) is 0 Å². The maximum Gasteiger partial charge on any atom is 0.235 e. The Kier molecular flexibility index (Phi) is 5.72. The third-order valence-corrected chi connectivity index (χ3v) is 4.85. The largest absolute Gasteiger partial charge is 0.494 e. The fourth-order valence-electron chi connectivity index (χ4n) is 2.29. The van der Waals surface area contributed by atoms with Gasteiger partial charge in [-0.05, 0) is 38.0 Å². The Hall–Kier alpha value is -0.980. The van der Waals surface area contributed by atoms with Crippen molar-refractivity contribution in [1.29, 1.82) is 0 Å². The summed E-state index contributed by atoms with van der Waals surface area (Å²) >= 11 is 5.87. The predicted octanol–water partition coefficient (Wildman–Crippen LogP) is 2.74. The monoisotopic (exact) mass is 333 g/mol. The second kappa shape index (κ2) is 7.33. The summed E-state index contributed by atoms with van der Waals surface area (Å²) in [6.45, 7) is 3.06.